The maximum Gasteiger partial charge on any atom is 0.314 e. The molecule has 2 N–H and O–H groups in total. The first kappa shape index (κ1) is 17.2. The van der Waals surface area contributed by atoms with Crippen LogP contribution in [0.3, 0.4) is 0 Å². The Morgan fingerprint density at radius 3 is 2.48 bits per heavy atom. The number of hydrogen-bond acceptors (Lipinski definition) is 5. The maximum absolute atomic E-state index is 11.9. The Morgan fingerprint density at radius 2 is 2.00 bits per heavy atom. The molecule has 0 bridgehead atoms. The Labute approximate surface area is 125 Å². The molecule has 1 aromatic rings. The number of nitrogens with zero attached hydrogens (tertiary/aromatic N) is 2. The van der Waals surface area contributed by atoms with E-state index in [0.29, 0.717) is 18.2 Å². The van der Waals surface area contributed by atoms with Gasteiger partial charge in [-0.15, -0.1) is 0 Å². The van der Waals surface area contributed by atoms with Gasteiger partial charge in [0.1, 0.15) is 5.76 Å². The minimum Gasteiger partial charge on any atom is -0.360 e. The summed E-state index contributed by atoms with van der Waals surface area (Å²) in [6.07, 6.45) is 0.806. The van der Waals surface area contributed by atoms with Crippen molar-refractivity contribution < 1.29 is 14.1 Å². The summed E-state index contributed by atoms with van der Waals surface area (Å²) in [6, 6.07) is 1.48. The van der Waals surface area contributed by atoms with Gasteiger partial charge in [0.15, 0.2) is 5.82 Å². The van der Waals surface area contributed by atoms with E-state index in [1.54, 1.807) is 13.0 Å². The van der Waals surface area contributed by atoms with E-state index in [9.17, 15) is 9.59 Å². The summed E-state index contributed by atoms with van der Waals surface area (Å²) >= 11 is 0. The number of hydrogen-bond donors (Lipinski definition) is 2. The van der Waals surface area contributed by atoms with Gasteiger partial charge in [-0.25, -0.2) is 0 Å². The van der Waals surface area contributed by atoms with Gasteiger partial charge in [0.2, 0.25) is 0 Å². The third-order valence-electron chi connectivity index (χ3n) is 2.75. The summed E-state index contributed by atoms with van der Waals surface area (Å²) in [5, 5.41) is 8.78. The molecule has 0 aliphatic rings. The number of carbonyl (C=O) groups excluding carboxylic acids is 2. The summed E-state index contributed by atoms with van der Waals surface area (Å²) in [5.74, 6) is -0.174. The molecule has 0 unspecified atom stereocenters. The average Bonchev–Trinajstić information content (AvgIpc) is 2.72. The van der Waals surface area contributed by atoms with Gasteiger partial charge >= 0.3 is 11.8 Å². The molecule has 2 amide bonds. The molecule has 0 radical (unpaired) electrons. The minimum atomic E-state index is -0.740. The number of amides is 2. The van der Waals surface area contributed by atoms with Crippen molar-refractivity contribution in [3.63, 3.8) is 0 Å². The molecule has 1 atom stereocenters. The molecule has 7 nitrogen and oxygen atoms in total. The van der Waals surface area contributed by atoms with Crippen LogP contribution in [0.25, 0.3) is 0 Å². The van der Waals surface area contributed by atoms with Crippen LogP contribution in [0.5, 0.6) is 0 Å². The van der Waals surface area contributed by atoms with Crippen LogP contribution < -0.4 is 10.6 Å². The molecule has 7 heteroatoms. The van der Waals surface area contributed by atoms with Gasteiger partial charge in [-0.3, -0.25) is 14.9 Å². The Balaban J connectivity index is 2.56. The van der Waals surface area contributed by atoms with Crippen LogP contribution in [0.4, 0.5) is 5.82 Å². The number of aromatic nitrogens is 1. The Bertz CT molecular complexity index is 472. The Kier molecular flexibility index (Phi) is 6.36. The summed E-state index contributed by atoms with van der Waals surface area (Å²) in [4.78, 5) is 25.7. The predicted molar refractivity (Wildman–Crippen MR) is 79.8 cm³/mol. The van der Waals surface area contributed by atoms with Gasteiger partial charge < -0.3 is 14.7 Å². The van der Waals surface area contributed by atoms with E-state index in [-0.39, 0.29) is 11.9 Å². The lowest BCUT2D eigenvalue weighted by atomic mass is 10.0. The molecule has 0 fully saturated rings. The molecular weight excluding hydrogens is 272 g/mol. The smallest absolute Gasteiger partial charge is 0.314 e. The van der Waals surface area contributed by atoms with Gasteiger partial charge in [-0.2, -0.15) is 0 Å². The number of carbonyl (C=O) groups is 2. The zero-order valence-corrected chi connectivity index (χ0v) is 13.3. The summed E-state index contributed by atoms with van der Waals surface area (Å²) in [5.41, 5.74) is 0. The van der Waals surface area contributed by atoms with Gasteiger partial charge in [0.25, 0.3) is 0 Å². The van der Waals surface area contributed by atoms with Crippen molar-refractivity contribution in [1.29, 1.82) is 0 Å². The van der Waals surface area contributed by atoms with E-state index in [1.807, 2.05) is 19.0 Å². The van der Waals surface area contributed by atoms with Gasteiger partial charge in [0.05, 0.1) is 0 Å². The number of likely N-dealkylation sites (N-methyl/N-ethyl adjacent to an activating group) is 1. The number of anilines is 1. The van der Waals surface area contributed by atoms with E-state index in [1.165, 1.54) is 0 Å². The highest BCUT2D eigenvalue weighted by Gasteiger charge is 2.21. The Hall–Kier alpha value is -1.89. The summed E-state index contributed by atoms with van der Waals surface area (Å²) < 4.78 is 4.83. The third-order valence-corrected chi connectivity index (χ3v) is 2.75. The normalized spacial score (nSPS) is 12.5. The van der Waals surface area contributed by atoms with Gasteiger partial charge in [-0.1, -0.05) is 19.0 Å². The highest BCUT2D eigenvalue weighted by molar-refractivity contribution is 6.39. The number of nitrogens with one attached hydrogen (secondary N) is 2. The Morgan fingerprint density at radius 1 is 1.33 bits per heavy atom. The first-order chi connectivity index (χ1) is 9.77. The molecule has 0 spiro atoms. The van der Waals surface area contributed by atoms with Crippen molar-refractivity contribution in [1.82, 2.24) is 15.4 Å². The molecule has 0 saturated carbocycles. The minimum absolute atomic E-state index is 0.0719. The number of rotatable bonds is 6. The SMILES string of the molecule is Cc1cc(NC(=O)C(=O)N[C@@H](CC(C)C)CN(C)C)no1. The van der Waals surface area contributed by atoms with Crippen LogP contribution >= 0.6 is 0 Å². The van der Waals surface area contributed by atoms with E-state index in [4.69, 9.17) is 4.52 Å². The zero-order chi connectivity index (χ0) is 16.0. The molecule has 0 aliphatic carbocycles. The van der Waals surface area contributed by atoms with Crippen LogP contribution in [0, 0.1) is 12.8 Å². The van der Waals surface area contributed by atoms with Crippen LogP contribution in [-0.2, 0) is 9.59 Å². The lowest BCUT2D eigenvalue weighted by Gasteiger charge is -2.23. The monoisotopic (exact) mass is 296 g/mol. The largest absolute Gasteiger partial charge is 0.360 e. The zero-order valence-electron chi connectivity index (χ0n) is 13.3. The van der Waals surface area contributed by atoms with Crippen molar-refractivity contribution in [2.45, 2.75) is 33.2 Å². The molecule has 1 rings (SSSR count). The lowest BCUT2D eigenvalue weighted by Crippen LogP contribution is -2.46. The highest BCUT2D eigenvalue weighted by atomic mass is 16.5. The molecule has 0 aliphatic heterocycles. The van der Waals surface area contributed by atoms with Crippen LogP contribution in [0.15, 0.2) is 10.6 Å². The lowest BCUT2D eigenvalue weighted by molar-refractivity contribution is -0.136. The maximum atomic E-state index is 11.9. The quantitative estimate of drug-likeness (QED) is 0.765. The van der Waals surface area contributed by atoms with Crippen molar-refractivity contribution in [2.75, 3.05) is 26.0 Å². The standard InChI is InChI=1S/C14H24N4O3/c1-9(2)6-11(8-18(4)5)15-13(19)14(20)16-12-7-10(3)21-17-12/h7,9,11H,6,8H2,1-5H3,(H,15,19)(H,16,17,20)/t11-/m0/s1. The molecule has 1 aromatic heterocycles. The second-order valence-corrected chi connectivity index (χ2v) is 5.84. The molecule has 0 saturated heterocycles. The fraction of sp³-hybridized carbons (Fsp3) is 0.643. The molecule has 21 heavy (non-hydrogen) atoms. The number of aryl methyl sites for hydroxylation is 1. The van der Waals surface area contributed by atoms with Crippen molar-refractivity contribution in [3.05, 3.63) is 11.8 Å². The van der Waals surface area contributed by atoms with Crippen LogP contribution in [0.1, 0.15) is 26.0 Å². The van der Waals surface area contributed by atoms with Crippen molar-refractivity contribution in [3.8, 4) is 0 Å². The third kappa shape index (κ3) is 6.40. The summed E-state index contributed by atoms with van der Waals surface area (Å²) in [7, 11) is 3.86. The van der Waals surface area contributed by atoms with Crippen molar-refractivity contribution in [2.24, 2.45) is 5.92 Å². The molecule has 1 heterocycles. The molecular formula is C14H24N4O3. The van der Waals surface area contributed by atoms with E-state index < -0.39 is 11.8 Å². The van der Waals surface area contributed by atoms with E-state index >= 15 is 0 Å². The second-order valence-electron chi connectivity index (χ2n) is 5.84. The van der Waals surface area contributed by atoms with E-state index in [0.717, 1.165) is 6.42 Å². The van der Waals surface area contributed by atoms with Crippen LogP contribution in [-0.4, -0.2) is 48.6 Å². The van der Waals surface area contributed by atoms with Crippen molar-refractivity contribution >= 4 is 17.6 Å². The van der Waals surface area contributed by atoms with Gasteiger partial charge in [0, 0.05) is 18.7 Å². The first-order valence-corrected chi connectivity index (χ1v) is 6.97. The molecule has 0 aromatic carbocycles. The highest BCUT2D eigenvalue weighted by Crippen LogP contribution is 2.08. The average molecular weight is 296 g/mol. The fourth-order valence-corrected chi connectivity index (χ4v) is 2.04. The summed E-state index contributed by atoms with van der Waals surface area (Å²) in [6.45, 7) is 6.54. The van der Waals surface area contributed by atoms with E-state index in [2.05, 4.69) is 29.6 Å². The fourth-order valence-electron chi connectivity index (χ4n) is 2.04. The first-order valence-electron chi connectivity index (χ1n) is 6.97. The predicted octanol–water partition coefficient (Wildman–Crippen LogP) is 1.01. The second kappa shape index (κ2) is 7.78. The topological polar surface area (TPSA) is 87.5 Å². The van der Waals surface area contributed by atoms with Crippen LogP contribution in [0.2, 0.25) is 0 Å². The van der Waals surface area contributed by atoms with Gasteiger partial charge in [-0.05, 0) is 33.4 Å². The molecule has 118 valence electrons.